The van der Waals surface area contributed by atoms with Gasteiger partial charge in [-0.3, -0.25) is 18.7 Å². The van der Waals surface area contributed by atoms with Gasteiger partial charge in [0, 0.05) is 13.6 Å². The number of aryl methyl sites for hydroxylation is 2. The number of fused-ring (bicyclic) bond motifs is 1. The van der Waals surface area contributed by atoms with Crippen LogP contribution in [0.3, 0.4) is 0 Å². The lowest BCUT2D eigenvalue weighted by atomic mass is 10.1. The van der Waals surface area contributed by atoms with Crippen molar-refractivity contribution in [1.82, 2.24) is 14.0 Å². The Hall–Kier alpha value is -3.35. The Labute approximate surface area is 175 Å². The number of ether oxygens (including phenoxy) is 1. The Morgan fingerprint density at radius 2 is 1.70 bits per heavy atom. The summed E-state index contributed by atoms with van der Waals surface area (Å²) in [6, 6.07) is 12.8. The van der Waals surface area contributed by atoms with Gasteiger partial charge in [0.05, 0.1) is 17.4 Å². The number of carbonyl (C=O) groups excluding carboxylic acids is 1. The van der Waals surface area contributed by atoms with Crippen LogP contribution in [0.2, 0.25) is 0 Å². The van der Waals surface area contributed by atoms with E-state index in [2.05, 4.69) is 6.07 Å². The predicted octanol–water partition coefficient (Wildman–Crippen LogP) is 2.34. The molecule has 0 fully saturated rings. The maximum atomic E-state index is 12.8. The van der Waals surface area contributed by atoms with Gasteiger partial charge < -0.3 is 9.64 Å². The molecule has 0 aliphatic heterocycles. The molecule has 0 aliphatic carbocycles. The summed E-state index contributed by atoms with van der Waals surface area (Å²) in [6.45, 7) is 6.58. The maximum Gasteiger partial charge on any atom is 0.331 e. The number of hydrogen-bond acceptors (Lipinski definition) is 4. The lowest BCUT2D eigenvalue weighted by molar-refractivity contribution is -0.130. The fraction of sp³-hybridized carbons (Fsp3) is 0.348. The minimum Gasteiger partial charge on any atom is -0.492 e. The molecule has 158 valence electrons. The number of benzene rings is 2. The van der Waals surface area contributed by atoms with Crippen molar-refractivity contribution in [3.63, 3.8) is 0 Å². The summed E-state index contributed by atoms with van der Waals surface area (Å²) in [5, 5.41) is 0.424. The van der Waals surface area contributed by atoms with Gasteiger partial charge in [-0.1, -0.05) is 18.2 Å². The molecule has 3 aromatic rings. The highest BCUT2D eigenvalue weighted by molar-refractivity contribution is 5.81. The van der Waals surface area contributed by atoms with Gasteiger partial charge in [-0.15, -0.1) is 0 Å². The van der Waals surface area contributed by atoms with E-state index in [0.717, 1.165) is 21.4 Å². The Morgan fingerprint density at radius 3 is 2.37 bits per heavy atom. The first-order chi connectivity index (χ1) is 14.3. The Bertz CT molecular complexity index is 1170. The molecule has 1 heterocycles. The van der Waals surface area contributed by atoms with E-state index in [-0.39, 0.29) is 24.6 Å². The van der Waals surface area contributed by atoms with Crippen LogP contribution in [0, 0.1) is 13.8 Å². The third kappa shape index (κ3) is 4.45. The zero-order valence-corrected chi connectivity index (χ0v) is 17.8. The van der Waals surface area contributed by atoms with E-state index in [9.17, 15) is 14.4 Å². The van der Waals surface area contributed by atoms with Crippen molar-refractivity contribution in [3.8, 4) is 5.75 Å². The summed E-state index contributed by atoms with van der Waals surface area (Å²) in [5.41, 5.74) is 1.88. The van der Waals surface area contributed by atoms with Crippen LogP contribution in [-0.4, -0.2) is 40.1 Å². The van der Waals surface area contributed by atoms with Crippen LogP contribution in [-0.2, 0) is 17.9 Å². The van der Waals surface area contributed by atoms with E-state index in [1.165, 1.54) is 9.47 Å². The normalized spacial score (nSPS) is 10.9. The zero-order valence-electron chi connectivity index (χ0n) is 17.8. The molecule has 3 rings (SSSR count). The molecule has 30 heavy (non-hydrogen) atoms. The van der Waals surface area contributed by atoms with Crippen molar-refractivity contribution in [2.24, 2.45) is 0 Å². The van der Waals surface area contributed by atoms with Crippen molar-refractivity contribution >= 4 is 16.8 Å². The number of hydrogen-bond donors (Lipinski definition) is 0. The smallest absolute Gasteiger partial charge is 0.331 e. The molecule has 7 heteroatoms. The number of likely N-dealkylation sites (N-methyl/N-ethyl adjacent to an activating group) is 1. The Kier molecular flexibility index (Phi) is 6.40. The van der Waals surface area contributed by atoms with E-state index in [0.29, 0.717) is 24.1 Å². The molecular formula is C23H27N3O4. The van der Waals surface area contributed by atoms with Crippen molar-refractivity contribution in [2.75, 3.05) is 20.2 Å². The van der Waals surface area contributed by atoms with Crippen molar-refractivity contribution in [1.29, 1.82) is 0 Å². The lowest BCUT2D eigenvalue weighted by Crippen LogP contribution is -2.43. The number of amides is 1. The van der Waals surface area contributed by atoms with Gasteiger partial charge in [0.25, 0.3) is 5.56 Å². The SMILES string of the molecule is CCn1c(=O)c2ccccc2n(CC(=O)N(C)CCOc2cc(C)cc(C)c2)c1=O. The first kappa shape index (κ1) is 21.4. The zero-order chi connectivity index (χ0) is 21.8. The van der Waals surface area contributed by atoms with Crippen LogP contribution < -0.4 is 16.0 Å². The monoisotopic (exact) mass is 409 g/mol. The molecule has 0 atom stereocenters. The summed E-state index contributed by atoms with van der Waals surface area (Å²) in [4.78, 5) is 39.6. The molecule has 0 aliphatic rings. The summed E-state index contributed by atoms with van der Waals surface area (Å²) in [5.74, 6) is 0.540. The van der Waals surface area contributed by atoms with Crippen molar-refractivity contribution < 1.29 is 9.53 Å². The molecule has 0 unspecified atom stereocenters. The Morgan fingerprint density at radius 1 is 1.03 bits per heavy atom. The van der Waals surface area contributed by atoms with E-state index in [1.807, 2.05) is 26.0 Å². The van der Waals surface area contributed by atoms with E-state index in [4.69, 9.17) is 4.74 Å². The molecule has 7 nitrogen and oxygen atoms in total. The van der Waals surface area contributed by atoms with Crippen molar-refractivity contribution in [2.45, 2.75) is 33.9 Å². The molecule has 1 amide bonds. The average Bonchev–Trinajstić information content (AvgIpc) is 2.70. The van der Waals surface area contributed by atoms with Crippen LogP contribution in [0.1, 0.15) is 18.1 Å². The van der Waals surface area contributed by atoms with Gasteiger partial charge in [0.15, 0.2) is 0 Å². The highest BCUT2D eigenvalue weighted by atomic mass is 16.5. The number of carbonyl (C=O) groups is 1. The van der Waals surface area contributed by atoms with Gasteiger partial charge in [-0.05, 0) is 56.2 Å². The lowest BCUT2D eigenvalue weighted by Gasteiger charge is -2.19. The average molecular weight is 409 g/mol. The summed E-state index contributed by atoms with van der Waals surface area (Å²) < 4.78 is 8.29. The molecule has 0 bridgehead atoms. The first-order valence-electron chi connectivity index (χ1n) is 9.99. The summed E-state index contributed by atoms with van der Waals surface area (Å²) in [6.07, 6.45) is 0. The summed E-state index contributed by atoms with van der Waals surface area (Å²) in [7, 11) is 1.68. The van der Waals surface area contributed by atoms with Gasteiger partial charge >= 0.3 is 5.69 Å². The van der Waals surface area contributed by atoms with Crippen LogP contribution in [0.25, 0.3) is 10.9 Å². The fourth-order valence-electron chi connectivity index (χ4n) is 3.50. The van der Waals surface area contributed by atoms with Gasteiger partial charge in [-0.25, -0.2) is 4.79 Å². The quantitative estimate of drug-likeness (QED) is 0.600. The number of aromatic nitrogens is 2. The highest BCUT2D eigenvalue weighted by Crippen LogP contribution is 2.16. The largest absolute Gasteiger partial charge is 0.492 e. The maximum absolute atomic E-state index is 12.8. The summed E-state index contributed by atoms with van der Waals surface area (Å²) >= 11 is 0. The van der Waals surface area contributed by atoms with Crippen molar-refractivity contribution in [3.05, 3.63) is 74.4 Å². The fourth-order valence-corrected chi connectivity index (χ4v) is 3.50. The van der Waals surface area contributed by atoms with Gasteiger partial charge in [0.1, 0.15) is 18.9 Å². The first-order valence-corrected chi connectivity index (χ1v) is 9.99. The minimum absolute atomic E-state index is 0.139. The number of rotatable bonds is 7. The molecular weight excluding hydrogens is 382 g/mol. The van der Waals surface area contributed by atoms with Crippen LogP contribution in [0.4, 0.5) is 0 Å². The van der Waals surface area contributed by atoms with Crippen LogP contribution in [0.15, 0.2) is 52.1 Å². The second-order valence-corrected chi connectivity index (χ2v) is 7.42. The molecule has 0 N–H and O–H groups in total. The standard InChI is InChI=1S/C23H27N3O4/c1-5-25-22(28)19-8-6-7-9-20(19)26(23(25)29)15-21(27)24(4)10-11-30-18-13-16(2)12-17(3)14-18/h6-9,12-14H,5,10-11,15H2,1-4H3. The van der Waals surface area contributed by atoms with E-state index < -0.39 is 5.69 Å². The number of para-hydroxylation sites is 1. The third-order valence-electron chi connectivity index (χ3n) is 5.06. The molecule has 0 radical (unpaired) electrons. The second-order valence-electron chi connectivity index (χ2n) is 7.42. The second kappa shape index (κ2) is 8.98. The van der Waals surface area contributed by atoms with E-state index in [1.54, 1.807) is 38.2 Å². The predicted molar refractivity (Wildman–Crippen MR) is 117 cm³/mol. The minimum atomic E-state index is -0.477. The molecule has 0 saturated carbocycles. The molecule has 2 aromatic carbocycles. The van der Waals surface area contributed by atoms with Gasteiger partial charge in [0.2, 0.25) is 5.91 Å². The highest BCUT2D eigenvalue weighted by Gasteiger charge is 2.16. The van der Waals surface area contributed by atoms with Crippen LogP contribution >= 0.6 is 0 Å². The number of nitrogens with zero attached hydrogens (tertiary/aromatic N) is 3. The molecule has 0 spiro atoms. The van der Waals surface area contributed by atoms with E-state index >= 15 is 0 Å². The molecule has 1 aromatic heterocycles. The Balaban J connectivity index is 1.74. The molecule has 0 saturated heterocycles. The topological polar surface area (TPSA) is 73.5 Å². The van der Waals surface area contributed by atoms with Gasteiger partial charge in [-0.2, -0.15) is 0 Å². The van der Waals surface area contributed by atoms with Crippen LogP contribution in [0.5, 0.6) is 5.75 Å². The third-order valence-corrected chi connectivity index (χ3v) is 5.06.